The molecule has 0 unspecified atom stereocenters. The van der Waals surface area contributed by atoms with E-state index in [0.29, 0.717) is 12.2 Å². The minimum Gasteiger partial charge on any atom is -0.369 e. The molecule has 120 valence electrons. The smallest absolute Gasteiger partial charge is 0.369 e. The van der Waals surface area contributed by atoms with E-state index in [1.807, 2.05) is 39.6 Å². The Bertz CT molecular complexity index is 467. The fraction of sp³-hybridized carbons (Fsp3) is 0.625. The second-order valence-electron chi connectivity index (χ2n) is 5.84. The molecule has 0 saturated heterocycles. The minimum absolute atomic E-state index is 0.188. The standard InChI is InChI=1S/C16H25F3N2/c1-6-15(3,4)21(5)13-9-8-12(11-20-7-2)14(10-13)16(17,18)19/h8-10,20H,6-7,11H2,1-5H3. The zero-order valence-corrected chi connectivity index (χ0v) is 13.4. The van der Waals surface area contributed by atoms with Gasteiger partial charge in [0.15, 0.2) is 0 Å². The quantitative estimate of drug-likeness (QED) is 0.835. The Morgan fingerprint density at radius 1 is 1.14 bits per heavy atom. The Hall–Kier alpha value is -1.23. The number of rotatable bonds is 6. The number of anilines is 1. The average molecular weight is 302 g/mol. The van der Waals surface area contributed by atoms with Gasteiger partial charge in [-0.1, -0.05) is 19.9 Å². The van der Waals surface area contributed by atoms with Gasteiger partial charge in [0.2, 0.25) is 0 Å². The lowest BCUT2D eigenvalue weighted by Gasteiger charge is -2.37. The van der Waals surface area contributed by atoms with Crippen LogP contribution < -0.4 is 10.2 Å². The molecule has 0 aliphatic rings. The van der Waals surface area contributed by atoms with E-state index in [9.17, 15) is 13.2 Å². The highest BCUT2D eigenvalue weighted by atomic mass is 19.4. The Labute approximate surface area is 125 Å². The lowest BCUT2D eigenvalue weighted by molar-refractivity contribution is -0.138. The minimum atomic E-state index is -4.34. The van der Waals surface area contributed by atoms with Gasteiger partial charge in [-0.2, -0.15) is 13.2 Å². The van der Waals surface area contributed by atoms with Crippen molar-refractivity contribution in [1.29, 1.82) is 0 Å². The monoisotopic (exact) mass is 302 g/mol. The highest BCUT2D eigenvalue weighted by Crippen LogP contribution is 2.36. The molecule has 0 amide bonds. The van der Waals surface area contributed by atoms with Crippen molar-refractivity contribution >= 4 is 5.69 Å². The summed E-state index contributed by atoms with van der Waals surface area (Å²) >= 11 is 0. The van der Waals surface area contributed by atoms with Crippen LogP contribution in [0.5, 0.6) is 0 Å². The summed E-state index contributed by atoms with van der Waals surface area (Å²) in [6, 6.07) is 4.59. The summed E-state index contributed by atoms with van der Waals surface area (Å²) in [5.74, 6) is 0. The molecule has 0 spiro atoms. The van der Waals surface area contributed by atoms with Crippen LogP contribution in [0, 0.1) is 0 Å². The van der Waals surface area contributed by atoms with Gasteiger partial charge in [0.25, 0.3) is 0 Å². The third kappa shape index (κ3) is 4.37. The van der Waals surface area contributed by atoms with E-state index in [1.165, 1.54) is 6.07 Å². The fourth-order valence-electron chi connectivity index (χ4n) is 2.04. The molecule has 0 atom stereocenters. The van der Waals surface area contributed by atoms with Crippen molar-refractivity contribution in [1.82, 2.24) is 5.32 Å². The van der Waals surface area contributed by atoms with E-state index in [-0.39, 0.29) is 17.6 Å². The summed E-state index contributed by atoms with van der Waals surface area (Å²) < 4.78 is 39.8. The van der Waals surface area contributed by atoms with Crippen LogP contribution in [-0.2, 0) is 12.7 Å². The molecule has 1 aromatic carbocycles. The van der Waals surface area contributed by atoms with E-state index in [1.54, 1.807) is 12.1 Å². The van der Waals surface area contributed by atoms with Crippen molar-refractivity contribution in [2.24, 2.45) is 0 Å². The van der Waals surface area contributed by atoms with Crippen molar-refractivity contribution in [3.63, 3.8) is 0 Å². The molecule has 0 aliphatic heterocycles. The van der Waals surface area contributed by atoms with Crippen LogP contribution in [0.25, 0.3) is 0 Å². The number of nitrogens with one attached hydrogen (secondary N) is 1. The maximum Gasteiger partial charge on any atom is 0.416 e. The molecule has 0 saturated carbocycles. The molecule has 1 aromatic rings. The molecule has 0 heterocycles. The van der Waals surface area contributed by atoms with Crippen LogP contribution in [0.2, 0.25) is 0 Å². The third-order valence-corrected chi connectivity index (χ3v) is 4.12. The zero-order valence-electron chi connectivity index (χ0n) is 13.4. The van der Waals surface area contributed by atoms with E-state index >= 15 is 0 Å². The molecule has 5 heteroatoms. The molecule has 1 N–H and O–H groups in total. The average Bonchev–Trinajstić information content (AvgIpc) is 2.43. The first-order valence-electron chi connectivity index (χ1n) is 7.28. The van der Waals surface area contributed by atoms with Crippen molar-refractivity contribution in [2.75, 3.05) is 18.5 Å². The lowest BCUT2D eigenvalue weighted by Crippen LogP contribution is -2.40. The number of hydrogen-bond acceptors (Lipinski definition) is 2. The first kappa shape index (κ1) is 17.8. The van der Waals surface area contributed by atoms with Gasteiger partial charge >= 0.3 is 6.18 Å². The summed E-state index contributed by atoms with van der Waals surface area (Å²) in [5.41, 5.74) is 0.136. The molecule has 1 rings (SSSR count). The van der Waals surface area contributed by atoms with Crippen molar-refractivity contribution < 1.29 is 13.2 Å². The van der Waals surface area contributed by atoms with E-state index in [0.717, 1.165) is 6.42 Å². The number of alkyl halides is 3. The predicted octanol–water partition coefficient (Wildman–Crippen LogP) is 4.44. The Morgan fingerprint density at radius 2 is 1.76 bits per heavy atom. The second kappa shape index (κ2) is 6.69. The SMILES string of the molecule is CCNCc1ccc(N(C)C(C)(C)CC)cc1C(F)(F)F. The van der Waals surface area contributed by atoms with Gasteiger partial charge in [0, 0.05) is 24.8 Å². The molecular weight excluding hydrogens is 277 g/mol. The number of hydrogen-bond donors (Lipinski definition) is 1. The molecule has 0 aliphatic carbocycles. The zero-order chi connectivity index (χ0) is 16.3. The molecule has 0 aromatic heterocycles. The topological polar surface area (TPSA) is 15.3 Å². The van der Waals surface area contributed by atoms with Crippen LogP contribution in [0.15, 0.2) is 18.2 Å². The molecule has 0 fully saturated rings. The van der Waals surface area contributed by atoms with E-state index in [4.69, 9.17) is 0 Å². The summed E-state index contributed by atoms with van der Waals surface area (Å²) in [6.07, 6.45) is -3.48. The summed E-state index contributed by atoms with van der Waals surface area (Å²) in [5, 5.41) is 2.95. The second-order valence-corrected chi connectivity index (χ2v) is 5.84. The Balaban J connectivity index is 3.22. The van der Waals surface area contributed by atoms with Gasteiger partial charge in [0.1, 0.15) is 0 Å². The summed E-state index contributed by atoms with van der Waals surface area (Å²) in [6.45, 7) is 8.81. The maximum atomic E-state index is 13.3. The number of benzene rings is 1. The van der Waals surface area contributed by atoms with E-state index in [2.05, 4.69) is 5.32 Å². The van der Waals surface area contributed by atoms with Gasteiger partial charge in [-0.3, -0.25) is 0 Å². The highest BCUT2D eigenvalue weighted by Gasteiger charge is 2.34. The van der Waals surface area contributed by atoms with Crippen LogP contribution in [0.4, 0.5) is 18.9 Å². The number of nitrogens with zero attached hydrogens (tertiary/aromatic N) is 1. The normalized spacial score (nSPS) is 12.6. The van der Waals surface area contributed by atoms with Gasteiger partial charge in [-0.15, -0.1) is 0 Å². The molecule has 0 radical (unpaired) electrons. The van der Waals surface area contributed by atoms with E-state index < -0.39 is 11.7 Å². The van der Waals surface area contributed by atoms with Crippen molar-refractivity contribution in [3.05, 3.63) is 29.3 Å². The third-order valence-electron chi connectivity index (χ3n) is 4.12. The summed E-state index contributed by atoms with van der Waals surface area (Å²) in [7, 11) is 1.84. The van der Waals surface area contributed by atoms with Crippen LogP contribution >= 0.6 is 0 Å². The van der Waals surface area contributed by atoms with Crippen LogP contribution in [-0.4, -0.2) is 19.1 Å². The highest BCUT2D eigenvalue weighted by molar-refractivity contribution is 5.53. The van der Waals surface area contributed by atoms with Gasteiger partial charge in [-0.25, -0.2) is 0 Å². The number of halogens is 3. The predicted molar refractivity (Wildman–Crippen MR) is 81.6 cm³/mol. The van der Waals surface area contributed by atoms with Crippen molar-refractivity contribution in [2.45, 2.75) is 52.4 Å². The van der Waals surface area contributed by atoms with Crippen LogP contribution in [0.1, 0.15) is 45.2 Å². The molecular formula is C16H25F3N2. The Morgan fingerprint density at radius 3 is 2.24 bits per heavy atom. The van der Waals surface area contributed by atoms with Gasteiger partial charge < -0.3 is 10.2 Å². The first-order chi connectivity index (χ1) is 9.63. The summed E-state index contributed by atoms with van der Waals surface area (Å²) in [4.78, 5) is 1.90. The molecule has 21 heavy (non-hydrogen) atoms. The van der Waals surface area contributed by atoms with Gasteiger partial charge in [-0.05, 0) is 44.5 Å². The fourth-order valence-corrected chi connectivity index (χ4v) is 2.04. The van der Waals surface area contributed by atoms with Crippen molar-refractivity contribution in [3.8, 4) is 0 Å². The lowest BCUT2D eigenvalue weighted by atomic mass is 9.97. The molecule has 2 nitrogen and oxygen atoms in total. The first-order valence-corrected chi connectivity index (χ1v) is 7.28. The van der Waals surface area contributed by atoms with Gasteiger partial charge in [0.05, 0.1) is 5.56 Å². The molecule has 0 bridgehead atoms. The van der Waals surface area contributed by atoms with Crippen LogP contribution in [0.3, 0.4) is 0 Å². The Kier molecular flexibility index (Phi) is 5.68. The largest absolute Gasteiger partial charge is 0.416 e. The maximum absolute atomic E-state index is 13.3.